The summed E-state index contributed by atoms with van der Waals surface area (Å²) in [6.07, 6.45) is 7.27. The zero-order valence-corrected chi connectivity index (χ0v) is 9.80. The molecule has 1 N–H and O–H groups in total. The van der Waals surface area contributed by atoms with Crippen LogP contribution in [0.4, 0.5) is 5.95 Å². The van der Waals surface area contributed by atoms with Gasteiger partial charge in [-0.15, -0.1) is 6.58 Å². The lowest BCUT2D eigenvalue weighted by Gasteiger charge is -2.07. The Labute approximate surface area is 100 Å². The highest BCUT2D eigenvalue weighted by atomic mass is 15.2. The third-order valence-electron chi connectivity index (χ3n) is 2.30. The lowest BCUT2D eigenvalue weighted by Crippen LogP contribution is -2.08. The van der Waals surface area contributed by atoms with E-state index in [-0.39, 0.29) is 0 Å². The van der Waals surface area contributed by atoms with E-state index in [4.69, 9.17) is 0 Å². The molecule has 0 bridgehead atoms. The van der Waals surface area contributed by atoms with E-state index in [1.807, 2.05) is 29.8 Å². The first-order chi connectivity index (χ1) is 8.29. The molecule has 0 unspecified atom stereocenters. The van der Waals surface area contributed by atoms with E-state index in [0.29, 0.717) is 6.54 Å². The van der Waals surface area contributed by atoms with Gasteiger partial charge in [-0.05, 0) is 13.0 Å². The van der Waals surface area contributed by atoms with Crippen molar-refractivity contribution in [3.05, 3.63) is 48.8 Å². The molecule has 0 aliphatic rings. The molecule has 17 heavy (non-hydrogen) atoms. The summed E-state index contributed by atoms with van der Waals surface area (Å²) in [7, 11) is 0. The second-order valence-corrected chi connectivity index (χ2v) is 3.64. The summed E-state index contributed by atoms with van der Waals surface area (Å²) in [5.41, 5.74) is 0.950. The molecule has 0 radical (unpaired) electrons. The highest BCUT2D eigenvalue weighted by Gasteiger charge is 2.01. The van der Waals surface area contributed by atoms with Crippen molar-refractivity contribution in [3.8, 4) is 0 Å². The highest BCUT2D eigenvalue weighted by Crippen LogP contribution is 2.06. The molecule has 2 aromatic rings. The van der Waals surface area contributed by atoms with Crippen LogP contribution in [-0.2, 0) is 13.1 Å². The molecule has 0 aromatic carbocycles. The molecule has 0 spiro atoms. The number of aryl methyl sites for hydroxylation is 1. The van der Waals surface area contributed by atoms with E-state index in [2.05, 4.69) is 26.8 Å². The smallest absolute Gasteiger partial charge is 0.203 e. The van der Waals surface area contributed by atoms with Crippen molar-refractivity contribution in [1.82, 2.24) is 19.5 Å². The largest absolute Gasteiger partial charge is 0.350 e. The van der Waals surface area contributed by atoms with Crippen molar-refractivity contribution in [2.24, 2.45) is 0 Å². The topological polar surface area (TPSA) is 55.6 Å². The summed E-state index contributed by atoms with van der Waals surface area (Å²) < 4.78 is 1.99. The second-order valence-electron chi connectivity index (χ2n) is 3.64. The van der Waals surface area contributed by atoms with Crippen LogP contribution in [0.15, 0.2) is 37.3 Å². The molecule has 0 saturated carbocycles. The van der Waals surface area contributed by atoms with Gasteiger partial charge in [-0.3, -0.25) is 0 Å². The number of hydrogen-bond donors (Lipinski definition) is 1. The Kier molecular flexibility index (Phi) is 3.49. The minimum atomic E-state index is 0.636. The van der Waals surface area contributed by atoms with Gasteiger partial charge in [-0.25, -0.2) is 15.0 Å². The maximum atomic E-state index is 4.32. The first kappa shape index (κ1) is 11.3. The van der Waals surface area contributed by atoms with Crippen molar-refractivity contribution >= 4 is 5.95 Å². The number of hydrogen-bond acceptors (Lipinski definition) is 4. The van der Waals surface area contributed by atoms with E-state index in [1.54, 1.807) is 12.4 Å². The van der Waals surface area contributed by atoms with Gasteiger partial charge in [0.25, 0.3) is 0 Å². The van der Waals surface area contributed by atoms with Crippen LogP contribution in [0.3, 0.4) is 0 Å². The molecule has 0 atom stereocenters. The Morgan fingerprint density at radius 2 is 2.29 bits per heavy atom. The van der Waals surface area contributed by atoms with Gasteiger partial charge in [0.15, 0.2) is 0 Å². The fourth-order valence-corrected chi connectivity index (χ4v) is 1.54. The average molecular weight is 229 g/mol. The van der Waals surface area contributed by atoms with E-state index < -0.39 is 0 Å². The zero-order chi connectivity index (χ0) is 12.1. The molecule has 5 heteroatoms. The minimum absolute atomic E-state index is 0.636. The van der Waals surface area contributed by atoms with Gasteiger partial charge in [-0.2, -0.15) is 0 Å². The Morgan fingerprint density at radius 1 is 1.41 bits per heavy atom. The number of nitrogens with zero attached hydrogens (tertiary/aromatic N) is 4. The first-order valence-electron chi connectivity index (χ1n) is 5.44. The third-order valence-corrected chi connectivity index (χ3v) is 2.30. The van der Waals surface area contributed by atoms with Crippen LogP contribution in [0, 0.1) is 6.92 Å². The molecular formula is C12H15N5. The van der Waals surface area contributed by atoms with E-state index in [1.165, 1.54) is 0 Å². The van der Waals surface area contributed by atoms with Crippen molar-refractivity contribution in [2.45, 2.75) is 20.0 Å². The first-order valence-corrected chi connectivity index (χ1v) is 5.44. The van der Waals surface area contributed by atoms with Crippen molar-refractivity contribution in [3.63, 3.8) is 0 Å². The fraction of sp³-hybridized carbons (Fsp3) is 0.250. The fourth-order valence-electron chi connectivity index (χ4n) is 1.54. The maximum absolute atomic E-state index is 4.32. The van der Waals surface area contributed by atoms with Crippen LogP contribution in [0.2, 0.25) is 0 Å². The van der Waals surface area contributed by atoms with Crippen molar-refractivity contribution in [1.29, 1.82) is 0 Å². The zero-order valence-electron chi connectivity index (χ0n) is 9.80. The SMILES string of the molecule is C=CCn1ccnc1NCc1ccnc(C)n1. The number of aromatic nitrogens is 4. The van der Waals surface area contributed by atoms with Gasteiger partial charge in [0.05, 0.1) is 12.2 Å². The normalized spacial score (nSPS) is 10.2. The molecule has 0 amide bonds. The molecule has 88 valence electrons. The van der Waals surface area contributed by atoms with Crippen molar-refractivity contribution in [2.75, 3.05) is 5.32 Å². The minimum Gasteiger partial charge on any atom is -0.350 e. The Balaban J connectivity index is 2.02. The van der Waals surface area contributed by atoms with Crippen molar-refractivity contribution < 1.29 is 0 Å². The quantitative estimate of drug-likeness (QED) is 0.794. The molecule has 0 aliphatic carbocycles. The number of imidazole rings is 1. The lowest BCUT2D eigenvalue weighted by atomic mass is 10.4. The van der Waals surface area contributed by atoms with Gasteiger partial charge in [0.2, 0.25) is 5.95 Å². The average Bonchev–Trinajstić information content (AvgIpc) is 2.75. The molecule has 0 saturated heterocycles. The maximum Gasteiger partial charge on any atom is 0.203 e. The predicted molar refractivity (Wildman–Crippen MR) is 66.5 cm³/mol. The molecule has 5 nitrogen and oxygen atoms in total. The Bertz CT molecular complexity index is 503. The van der Waals surface area contributed by atoms with Gasteiger partial charge >= 0.3 is 0 Å². The number of anilines is 1. The van der Waals surface area contributed by atoms with Gasteiger partial charge < -0.3 is 9.88 Å². The lowest BCUT2D eigenvalue weighted by molar-refractivity contribution is 0.815. The summed E-state index contributed by atoms with van der Waals surface area (Å²) in [6.45, 7) is 6.96. The third kappa shape index (κ3) is 2.90. The number of rotatable bonds is 5. The van der Waals surface area contributed by atoms with Crippen LogP contribution in [0.25, 0.3) is 0 Å². The standard InChI is InChI=1S/C12H15N5/c1-3-7-17-8-6-14-12(17)15-9-11-4-5-13-10(2)16-11/h3-6,8H,1,7,9H2,2H3,(H,14,15). The number of nitrogens with one attached hydrogen (secondary N) is 1. The van der Waals surface area contributed by atoms with Gasteiger partial charge in [-0.1, -0.05) is 6.08 Å². The molecule has 0 aliphatic heterocycles. The summed E-state index contributed by atoms with van der Waals surface area (Å²) in [5, 5.41) is 3.24. The summed E-state index contributed by atoms with van der Waals surface area (Å²) >= 11 is 0. The highest BCUT2D eigenvalue weighted by molar-refractivity contribution is 5.27. The van der Waals surface area contributed by atoms with Gasteiger partial charge in [0.1, 0.15) is 5.82 Å². The summed E-state index contributed by atoms with van der Waals surface area (Å²) in [5.74, 6) is 1.60. The molecule has 2 heterocycles. The second kappa shape index (κ2) is 5.25. The van der Waals surface area contributed by atoms with Crippen LogP contribution in [-0.4, -0.2) is 19.5 Å². The van der Waals surface area contributed by atoms with E-state index >= 15 is 0 Å². The van der Waals surface area contributed by atoms with Crippen LogP contribution in [0.5, 0.6) is 0 Å². The van der Waals surface area contributed by atoms with Crippen LogP contribution in [0.1, 0.15) is 11.5 Å². The molecule has 2 rings (SSSR count). The predicted octanol–water partition coefficient (Wildman–Crippen LogP) is 1.78. The Hall–Kier alpha value is -2.17. The van der Waals surface area contributed by atoms with Gasteiger partial charge in [0, 0.05) is 25.1 Å². The van der Waals surface area contributed by atoms with Crippen LogP contribution >= 0.6 is 0 Å². The number of allylic oxidation sites excluding steroid dienone is 1. The van der Waals surface area contributed by atoms with Crippen LogP contribution < -0.4 is 5.32 Å². The Morgan fingerprint density at radius 3 is 3.06 bits per heavy atom. The summed E-state index contributed by atoms with van der Waals surface area (Å²) in [6, 6.07) is 1.89. The van der Waals surface area contributed by atoms with E-state index in [9.17, 15) is 0 Å². The molecular weight excluding hydrogens is 214 g/mol. The molecule has 0 fully saturated rings. The monoisotopic (exact) mass is 229 g/mol. The van der Waals surface area contributed by atoms with E-state index in [0.717, 1.165) is 24.0 Å². The summed E-state index contributed by atoms with van der Waals surface area (Å²) in [4.78, 5) is 12.6. The molecule has 2 aromatic heterocycles.